The number of amidine groups is 1. The minimum absolute atomic E-state index is 0.143. The first kappa shape index (κ1) is 21.4. The van der Waals surface area contributed by atoms with Crippen LogP contribution in [0.5, 0.6) is 11.5 Å². The van der Waals surface area contributed by atoms with E-state index < -0.39 is 0 Å². The summed E-state index contributed by atoms with van der Waals surface area (Å²) in [6, 6.07) is 14.1. The molecule has 3 aliphatic heterocycles. The van der Waals surface area contributed by atoms with Crippen molar-refractivity contribution in [3.63, 3.8) is 0 Å². The van der Waals surface area contributed by atoms with Gasteiger partial charge < -0.3 is 19.2 Å². The highest BCUT2D eigenvalue weighted by Gasteiger charge is 2.29. The number of nitrogens with zero attached hydrogens (tertiary/aromatic N) is 3. The van der Waals surface area contributed by atoms with Crippen molar-refractivity contribution in [2.45, 2.75) is 25.5 Å². The average molecular weight is 472 g/mol. The second-order valence-corrected chi connectivity index (χ2v) is 9.53. The topological polar surface area (TPSA) is 46.5 Å². The van der Waals surface area contributed by atoms with Gasteiger partial charge in [-0.05, 0) is 31.0 Å². The van der Waals surface area contributed by atoms with Crippen LogP contribution in [0.25, 0.3) is 10.1 Å². The van der Waals surface area contributed by atoms with E-state index in [1.165, 1.54) is 0 Å². The lowest BCUT2D eigenvalue weighted by atomic mass is 10.1. The minimum Gasteiger partial charge on any atom is -0.497 e. The average Bonchev–Trinajstić information content (AvgIpc) is 3.22. The summed E-state index contributed by atoms with van der Waals surface area (Å²) in [5.74, 6) is 2.32. The third-order valence-electron chi connectivity index (χ3n) is 6.09. The maximum Gasteiger partial charge on any atom is 0.188 e. The number of methoxy groups -OCH3 is 2. The molecule has 0 spiro atoms. The number of thiophene rings is 1. The van der Waals surface area contributed by atoms with E-state index in [0.717, 1.165) is 75.5 Å². The number of piperidine rings is 1. The van der Waals surface area contributed by atoms with Crippen molar-refractivity contribution in [2.24, 2.45) is 5.16 Å². The number of oxime groups is 1. The molecule has 8 heteroatoms. The fourth-order valence-electron chi connectivity index (χ4n) is 4.30. The Balaban J connectivity index is 1.58. The Kier molecular flexibility index (Phi) is 6.13. The number of halogens is 1. The van der Waals surface area contributed by atoms with Gasteiger partial charge in [-0.25, -0.2) is 0 Å². The standard InChI is InChI=1S/C24H26ClN3O3S/c1-29-18-8-7-16(20(13-18)30-2)14-28-15-27-11-9-17(10-12-27)31-26-24(28)23-22(25)19-5-3-4-6-21(19)32-23/h3-8,13,17H,9-12,14-15H2,1-2H3. The Morgan fingerprint density at radius 1 is 1.12 bits per heavy atom. The Morgan fingerprint density at radius 2 is 1.94 bits per heavy atom. The maximum absolute atomic E-state index is 6.87. The van der Waals surface area contributed by atoms with Crippen LogP contribution in [-0.2, 0) is 11.4 Å². The van der Waals surface area contributed by atoms with Crippen molar-refractivity contribution < 1.29 is 14.3 Å². The van der Waals surface area contributed by atoms with Gasteiger partial charge in [-0.1, -0.05) is 35.0 Å². The smallest absolute Gasteiger partial charge is 0.188 e. The first-order valence-electron chi connectivity index (χ1n) is 10.8. The SMILES string of the molecule is COc1ccc(CN2CN3CCC(CC3)ON=C2c2sc3ccccc3c2Cl)c(OC)c1. The van der Waals surface area contributed by atoms with Crippen molar-refractivity contribution >= 4 is 38.9 Å². The van der Waals surface area contributed by atoms with Crippen LogP contribution in [0.4, 0.5) is 0 Å². The largest absolute Gasteiger partial charge is 0.497 e. The monoisotopic (exact) mass is 471 g/mol. The van der Waals surface area contributed by atoms with Crippen LogP contribution in [0.2, 0.25) is 5.02 Å². The van der Waals surface area contributed by atoms with E-state index in [2.05, 4.69) is 21.9 Å². The summed E-state index contributed by atoms with van der Waals surface area (Å²) in [6.45, 7) is 3.34. The molecule has 1 aromatic heterocycles. The van der Waals surface area contributed by atoms with Crippen LogP contribution in [0.3, 0.4) is 0 Å². The molecule has 0 amide bonds. The Labute approximate surface area is 196 Å². The predicted molar refractivity (Wildman–Crippen MR) is 129 cm³/mol. The molecule has 4 heterocycles. The lowest BCUT2D eigenvalue weighted by Crippen LogP contribution is -2.44. The van der Waals surface area contributed by atoms with Gasteiger partial charge in [0.05, 0.1) is 30.8 Å². The first-order chi connectivity index (χ1) is 15.7. The van der Waals surface area contributed by atoms with Crippen LogP contribution < -0.4 is 9.47 Å². The molecule has 168 valence electrons. The molecule has 6 rings (SSSR count). The zero-order valence-electron chi connectivity index (χ0n) is 18.2. The van der Waals surface area contributed by atoms with Gasteiger partial charge in [-0.15, -0.1) is 11.3 Å². The predicted octanol–water partition coefficient (Wildman–Crippen LogP) is 5.19. The van der Waals surface area contributed by atoms with Gasteiger partial charge in [0.25, 0.3) is 0 Å². The van der Waals surface area contributed by atoms with E-state index in [1.54, 1.807) is 25.6 Å². The fourth-order valence-corrected chi connectivity index (χ4v) is 5.83. The van der Waals surface area contributed by atoms with Crippen LogP contribution in [0.15, 0.2) is 47.6 Å². The summed E-state index contributed by atoms with van der Waals surface area (Å²) in [5, 5.41) is 6.46. The molecule has 32 heavy (non-hydrogen) atoms. The van der Waals surface area contributed by atoms with E-state index >= 15 is 0 Å². The Morgan fingerprint density at radius 3 is 2.69 bits per heavy atom. The van der Waals surface area contributed by atoms with Gasteiger partial charge in [0, 0.05) is 41.4 Å². The molecule has 0 atom stereocenters. The van der Waals surface area contributed by atoms with E-state index in [1.807, 2.05) is 30.3 Å². The van der Waals surface area contributed by atoms with E-state index in [0.29, 0.717) is 6.54 Å². The second kappa shape index (κ2) is 9.17. The van der Waals surface area contributed by atoms with Gasteiger partial charge in [-0.2, -0.15) is 0 Å². The molecule has 1 saturated heterocycles. The highest BCUT2D eigenvalue weighted by Crippen LogP contribution is 2.37. The maximum atomic E-state index is 6.87. The van der Waals surface area contributed by atoms with E-state index in [4.69, 9.17) is 31.1 Å². The highest BCUT2D eigenvalue weighted by molar-refractivity contribution is 7.21. The van der Waals surface area contributed by atoms with Gasteiger partial charge in [0.1, 0.15) is 17.6 Å². The molecule has 6 nitrogen and oxygen atoms in total. The zero-order valence-corrected chi connectivity index (χ0v) is 19.8. The molecule has 0 unspecified atom stereocenters. The summed E-state index contributed by atoms with van der Waals surface area (Å²) in [6.07, 6.45) is 2.11. The number of benzene rings is 2. The third kappa shape index (κ3) is 4.12. The van der Waals surface area contributed by atoms with Gasteiger partial charge >= 0.3 is 0 Å². The molecule has 0 saturated carbocycles. The van der Waals surface area contributed by atoms with Crippen LogP contribution in [-0.4, -0.2) is 55.7 Å². The lowest BCUT2D eigenvalue weighted by Gasteiger charge is -2.33. The molecule has 2 bridgehead atoms. The van der Waals surface area contributed by atoms with Crippen molar-refractivity contribution in [1.29, 1.82) is 0 Å². The van der Waals surface area contributed by atoms with Crippen LogP contribution in [0.1, 0.15) is 23.3 Å². The molecule has 0 aliphatic carbocycles. The summed E-state index contributed by atoms with van der Waals surface area (Å²) < 4.78 is 12.2. The van der Waals surface area contributed by atoms with Crippen LogP contribution in [0, 0.1) is 0 Å². The van der Waals surface area contributed by atoms with E-state index in [9.17, 15) is 0 Å². The fraction of sp³-hybridized carbons (Fsp3) is 0.375. The third-order valence-corrected chi connectivity index (χ3v) is 7.76. The van der Waals surface area contributed by atoms with Gasteiger partial charge in [0.2, 0.25) is 0 Å². The molecule has 3 aliphatic rings. The van der Waals surface area contributed by atoms with Crippen molar-refractivity contribution in [1.82, 2.24) is 9.80 Å². The van der Waals surface area contributed by atoms with Gasteiger partial charge in [0.15, 0.2) is 5.84 Å². The summed E-state index contributed by atoms with van der Waals surface area (Å²) in [5.41, 5.74) is 1.05. The van der Waals surface area contributed by atoms with Crippen molar-refractivity contribution in [3.8, 4) is 11.5 Å². The molecule has 3 aromatic rings. The molecule has 2 aromatic carbocycles. The zero-order chi connectivity index (χ0) is 22.1. The lowest BCUT2D eigenvalue weighted by molar-refractivity contribution is 0.0133. The quantitative estimate of drug-likeness (QED) is 0.512. The second-order valence-electron chi connectivity index (χ2n) is 8.10. The summed E-state index contributed by atoms with van der Waals surface area (Å²) in [4.78, 5) is 11.7. The molecular weight excluding hydrogens is 446 g/mol. The molecular formula is C24H26ClN3O3S. The number of hydrogen-bond acceptors (Lipinski definition) is 7. The number of fused-ring (bicyclic) bond motifs is 6. The molecule has 0 radical (unpaired) electrons. The Hall–Kier alpha value is -2.48. The Bertz CT molecular complexity index is 1140. The molecule has 0 N–H and O–H groups in total. The number of ether oxygens (including phenoxy) is 2. The summed E-state index contributed by atoms with van der Waals surface area (Å²) in [7, 11) is 3.34. The molecule has 1 fully saturated rings. The number of hydrogen-bond donors (Lipinski definition) is 0. The van der Waals surface area contributed by atoms with E-state index in [-0.39, 0.29) is 6.10 Å². The normalized spacial score (nSPS) is 20.8. The van der Waals surface area contributed by atoms with Crippen LogP contribution >= 0.6 is 22.9 Å². The minimum atomic E-state index is 0.143. The van der Waals surface area contributed by atoms with Gasteiger partial charge in [-0.3, -0.25) is 4.90 Å². The first-order valence-corrected chi connectivity index (χ1v) is 11.9. The number of rotatable bonds is 5. The summed E-state index contributed by atoms with van der Waals surface area (Å²) >= 11 is 8.53. The van der Waals surface area contributed by atoms with Crippen molar-refractivity contribution in [2.75, 3.05) is 34.0 Å². The van der Waals surface area contributed by atoms with Crippen molar-refractivity contribution in [3.05, 3.63) is 57.9 Å². The highest BCUT2D eigenvalue weighted by atomic mass is 35.5.